The molecule has 3 nitrogen and oxygen atoms in total. The zero-order chi connectivity index (χ0) is 12.7. The van der Waals surface area contributed by atoms with Gasteiger partial charge in [0.05, 0.1) is 24.4 Å². The summed E-state index contributed by atoms with van der Waals surface area (Å²) < 4.78 is 11.9. The first-order valence-corrected chi connectivity index (χ1v) is 7.17. The van der Waals surface area contributed by atoms with Gasteiger partial charge in [-0.3, -0.25) is 0 Å². The third kappa shape index (κ3) is 5.84. The van der Waals surface area contributed by atoms with Gasteiger partial charge in [0.1, 0.15) is 0 Å². The van der Waals surface area contributed by atoms with Crippen LogP contribution in [0.3, 0.4) is 0 Å². The number of hydrogen-bond donors (Lipinski definition) is 1. The smallest absolute Gasteiger partial charge is 0.0700 e. The van der Waals surface area contributed by atoms with Crippen LogP contribution in [0.2, 0.25) is 0 Å². The summed E-state index contributed by atoms with van der Waals surface area (Å²) >= 11 is 0. The van der Waals surface area contributed by atoms with Crippen molar-refractivity contribution in [2.45, 2.75) is 77.8 Å². The average molecular weight is 243 g/mol. The van der Waals surface area contributed by atoms with Gasteiger partial charge in [-0.05, 0) is 46.1 Å². The maximum absolute atomic E-state index is 6.19. The van der Waals surface area contributed by atoms with E-state index >= 15 is 0 Å². The summed E-state index contributed by atoms with van der Waals surface area (Å²) in [5, 5.41) is 3.44. The summed E-state index contributed by atoms with van der Waals surface area (Å²) in [6.45, 7) is 10.7. The first-order valence-electron chi connectivity index (χ1n) is 7.17. The normalized spacial score (nSPS) is 31.4. The Bertz CT molecular complexity index is 189. The Morgan fingerprint density at radius 1 is 1.24 bits per heavy atom. The van der Waals surface area contributed by atoms with Gasteiger partial charge in [0.2, 0.25) is 0 Å². The second-order valence-electron chi connectivity index (χ2n) is 5.22. The van der Waals surface area contributed by atoms with E-state index in [1.807, 2.05) is 0 Å². The molecule has 1 rings (SSSR count). The van der Waals surface area contributed by atoms with Crippen LogP contribution >= 0.6 is 0 Å². The van der Waals surface area contributed by atoms with Gasteiger partial charge in [-0.1, -0.05) is 13.8 Å². The number of ether oxygens (including phenoxy) is 2. The molecule has 0 saturated carbocycles. The lowest BCUT2D eigenvalue weighted by Gasteiger charge is -2.34. The molecule has 1 N–H and O–H groups in total. The minimum atomic E-state index is 0.338. The fraction of sp³-hybridized carbons (Fsp3) is 1.00. The fourth-order valence-electron chi connectivity index (χ4n) is 2.46. The molecule has 1 aliphatic rings. The van der Waals surface area contributed by atoms with E-state index < -0.39 is 0 Å². The molecule has 0 spiro atoms. The lowest BCUT2D eigenvalue weighted by atomic mass is 10.0. The molecule has 0 aromatic heterocycles. The van der Waals surface area contributed by atoms with Crippen molar-refractivity contribution < 1.29 is 9.47 Å². The maximum Gasteiger partial charge on any atom is 0.0700 e. The summed E-state index contributed by atoms with van der Waals surface area (Å²) in [5.41, 5.74) is 0. The highest BCUT2D eigenvalue weighted by molar-refractivity contribution is 4.75. The van der Waals surface area contributed by atoms with E-state index in [-0.39, 0.29) is 0 Å². The van der Waals surface area contributed by atoms with E-state index in [9.17, 15) is 0 Å². The molecule has 1 fully saturated rings. The van der Waals surface area contributed by atoms with Crippen LogP contribution in [-0.4, -0.2) is 37.5 Å². The van der Waals surface area contributed by atoms with Gasteiger partial charge in [0, 0.05) is 6.54 Å². The van der Waals surface area contributed by atoms with Crippen LogP contribution in [0.5, 0.6) is 0 Å². The van der Waals surface area contributed by atoms with E-state index in [4.69, 9.17) is 9.47 Å². The molecule has 0 aliphatic carbocycles. The SMILES string of the molecule is CCCNCC(CC)OC1CC(C)OC(C)C1. The summed E-state index contributed by atoms with van der Waals surface area (Å²) in [7, 11) is 0. The van der Waals surface area contributed by atoms with E-state index in [0.717, 1.165) is 32.4 Å². The Labute approximate surface area is 106 Å². The molecule has 0 amide bonds. The van der Waals surface area contributed by atoms with Gasteiger partial charge in [-0.15, -0.1) is 0 Å². The number of hydrogen-bond acceptors (Lipinski definition) is 3. The quantitative estimate of drug-likeness (QED) is 0.697. The molecule has 0 aromatic carbocycles. The van der Waals surface area contributed by atoms with Crippen molar-refractivity contribution >= 4 is 0 Å². The Kier molecular flexibility index (Phi) is 7.09. The minimum absolute atomic E-state index is 0.338. The maximum atomic E-state index is 6.19. The van der Waals surface area contributed by atoms with Crippen LogP contribution in [0.4, 0.5) is 0 Å². The van der Waals surface area contributed by atoms with Crippen molar-refractivity contribution in [3.05, 3.63) is 0 Å². The monoisotopic (exact) mass is 243 g/mol. The Morgan fingerprint density at radius 2 is 1.88 bits per heavy atom. The molecule has 1 saturated heterocycles. The minimum Gasteiger partial charge on any atom is -0.375 e. The summed E-state index contributed by atoms with van der Waals surface area (Å²) in [6, 6.07) is 0. The van der Waals surface area contributed by atoms with Gasteiger partial charge in [0.25, 0.3) is 0 Å². The van der Waals surface area contributed by atoms with Crippen molar-refractivity contribution in [3.8, 4) is 0 Å². The summed E-state index contributed by atoms with van der Waals surface area (Å²) in [4.78, 5) is 0. The van der Waals surface area contributed by atoms with Crippen molar-refractivity contribution in [3.63, 3.8) is 0 Å². The van der Waals surface area contributed by atoms with Crippen LogP contribution in [0, 0.1) is 0 Å². The molecule has 1 aliphatic heterocycles. The van der Waals surface area contributed by atoms with Crippen LogP contribution in [0.15, 0.2) is 0 Å². The Morgan fingerprint density at radius 3 is 2.41 bits per heavy atom. The first-order chi connectivity index (χ1) is 8.15. The Balaban J connectivity index is 2.28. The average Bonchev–Trinajstić information content (AvgIpc) is 2.26. The predicted molar refractivity (Wildman–Crippen MR) is 71.4 cm³/mol. The summed E-state index contributed by atoms with van der Waals surface area (Å²) in [5.74, 6) is 0. The molecular weight excluding hydrogens is 214 g/mol. The zero-order valence-electron chi connectivity index (χ0n) is 11.9. The molecule has 0 radical (unpaired) electrons. The van der Waals surface area contributed by atoms with E-state index in [1.165, 1.54) is 6.42 Å². The molecule has 3 heteroatoms. The third-order valence-corrected chi connectivity index (χ3v) is 3.29. The lowest BCUT2D eigenvalue weighted by molar-refractivity contribution is -0.121. The highest BCUT2D eigenvalue weighted by Gasteiger charge is 2.26. The highest BCUT2D eigenvalue weighted by atomic mass is 16.5. The standard InChI is InChI=1S/C14H29NO2/c1-5-7-15-10-13(6-2)17-14-8-11(3)16-12(4)9-14/h11-15H,5-10H2,1-4H3. The molecule has 1 heterocycles. The van der Waals surface area contributed by atoms with E-state index in [0.29, 0.717) is 24.4 Å². The largest absolute Gasteiger partial charge is 0.375 e. The first kappa shape index (κ1) is 14.9. The molecule has 3 unspecified atom stereocenters. The lowest BCUT2D eigenvalue weighted by Crippen LogP contribution is -2.39. The molecule has 3 atom stereocenters. The van der Waals surface area contributed by atoms with Crippen LogP contribution in [0.1, 0.15) is 53.4 Å². The van der Waals surface area contributed by atoms with Crippen LogP contribution in [0.25, 0.3) is 0 Å². The predicted octanol–water partition coefficient (Wildman–Crippen LogP) is 2.74. The van der Waals surface area contributed by atoms with Crippen molar-refractivity contribution in [2.75, 3.05) is 13.1 Å². The van der Waals surface area contributed by atoms with Gasteiger partial charge < -0.3 is 14.8 Å². The molecule has 102 valence electrons. The van der Waals surface area contributed by atoms with Gasteiger partial charge in [-0.2, -0.15) is 0 Å². The fourth-order valence-corrected chi connectivity index (χ4v) is 2.46. The third-order valence-electron chi connectivity index (χ3n) is 3.29. The number of nitrogens with one attached hydrogen (secondary N) is 1. The molecule has 0 bridgehead atoms. The van der Waals surface area contributed by atoms with E-state index in [2.05, 4.69) is 33.0 Å². The second kappa shape index (κ2) is 8.06. The second-order valence-corrected chi connectivity index (χ2v) is 5.22. The summed E-state index contributed by atoms with van der Waals surface area (Å²) in [6.07, 6.45) is 5.74. The zero-order valence-corrected chi connectivity index (χ0v) is 11.9. The topological polar surface area (TPSA) is 30.5 Å². The van der Waals surface area contributed by atoms with Crippen molar-refractivity contribution in [1.82, 2.24) is 5.32 Å². The van der Waals surface area contributed by atoms with Gasteiger partial charge >= 0.3 is 0 Å². The molecule has 17 heavy (non-hydrogen) atoms. The van der Waals surface area contributed by atoms with Crippen LogP contribution < -0.4 is 5.32 Å². The molecular formula is C14H29NO2. The van der Waals surface area contributed by atoms with E-state index in [1.54, 1.807) is 0 Å². The van der Waals surface area contributed by atoms with Gasteiger partial charge in [-0.25, -0.2) is 0 Å². The van der Waals surface area contributed by atoms with Gasteiger partial charge in [0.15, 0.2) is 0 Å². The van der Waals surface area contributed by atoms with Crippen molar-refractivity contribution in [1.29, 1.82) is 0 Å². The highest BCUT2D eigenvalue weighted by Crippen LogP contribution is 2.23. The molecule has 0 aromatic rings. The Hall–Kier alpha value is -0.120. The number of rotatable bonds is 7. The van der Waals surface area contributed by atoms with Crippen LogP contribution in [-0.2, 0) is 9.47 Å². The van der Waals surface area contributed by atoms with Crippen molar-refractivity contribution in [2.24, 2.45) is 0 Å².